The largest absolute Gasteiger partial charge is 0.466 e. The van der Waals surface area contributed by atoms with Gasteiger partial charge in [0.2, 0.25) is 5.91 Å². The zero-order valence-corrected chi connectivity index (χ0v) is 14.2. The molecule has 2 aromatic rings. The molecule has 25 heavy (non-hydrogen) atoms. The van der Waals surface area contributed by atoms with E-state index < -0.39 is 5.60 Å². The number of carbonyl (C=O) groups is 1. The van der Waals surface area contributed by atoms with Crippen LogP contribution in [0.5, 0.6) is 0 Å². The van der Waals surface area contributed by atoms with Crippen LogP contribution in [0.15, 0.2) is 47.1 Å². The number of benzene rings is 1. The highest BCUT2D eigenvalue weighted by Crippen LogP contribution is 2.22. The van der Waals surface area contributed by atoms with Gasteiger partial charge in [0.1, 0.15) is 17.2 Å². The van der Waals surface area contributed by atoms with Gasteiger partial charge >= 0.3 is 0 Å². The molecule has 1 aromatic heterocycles. The topological polar surface area (TPSA) is 65.7 Å². The quantitative estimate of drug-likeness (QED) is 0.843. The first-order chi connectivity index (χ1) is 12.0. The van der Waals surface area contributed by atoms with E-state index in [1.54, 1.807) is 31.2 Å². The van der Waals surface area contributed by atoms with Crippen molar-refractivity contribution in [2.24, 2.45) is 0 Å². The Labute approximate surface area is 146 Å². The molecule has 2 N–H and O–H groups in total. The molecule has 0 saturated carbocycles. The highest BCUT2D eigenvalue weighted by molar-refractivity contribution is 5.82. The number of nitrogens with zero attached hydrogens (tertiary/aromatic N) is 1. The minimum Gasteiger partial charge on any atom is -0.466 e. The maximum Gasteiger partial charge on any atom is 0.237 e. The number of nitrogens with one attached hydrogen (secondary N) is 1. The lowest BCUT2D eigenvalue weighted by Gasteiger charge is -2.26. The molecule has 1 aromatic carbocycles. The van der Waals surface area contributed by atoms with Crippen molar-refractivity contribution in [3.63, 3.8) is 0 Å². The minimum absolute atomic E-state index is 0.0836. The normalized spacial score (nSPS) is 20.4. The predicted octanol–water partition coefficient (Wildman–Crippen LogP) is 2.41. The maximum absolute atomic E-state index is 13.0. The van der Waals surface area contributed by atoms with Gasteiger partial charge in [-0.25, -0.2) is 4.39 Å². The van der Waals surface area contributed by atoms with Crippen molar-refractivity contribution in [1.29, 1.82) is 0 Å². The van der Waals surface area contributed by atoms with Gasteiger partial charge in [-0.1, -0.05) is 12.1 Å². The summed E-state index contributed by atoms with van der Waals surface area (Å²) in [6.07, 6.45) is 3.21. The van der Waals surface area contributed by atoms with Gasteiger partial charge in [0.25, 0.3) is 0 Å². The molecule has 0 spiro atoms. The Bertz CT molecular complexity index is 698. The third-order valence-electron chi connectivity index (χ3n) is 4.62. The molecule has 6 heteroatoms. The van der Waals surface area contributed by atoms with Crippen LogP contribution in [-0.2, 0) is 16.9 Å². The fourth-order valence-corrected chi connectivity index (χ4v) is 3.19. The van der Waals surface area contributed by atoms with Gasteiger partial charge in [-0.05, 0) is 56.1 Å². The van der Waals surface area contributed by atoms with Crippen LogP contribution in [0.1, 0.15) is 31.1 Å². The molecule has 0 radical (unpaired) electrons. The number of hydrogen-bond acceptors (Lipinski definition) is 4. The van der Waals surface area contributed by atoms with E-state index in [0.29, 0.717) is 12.3 Å². The minimum atomic E-state index is -1.25. The van der Waals surface area contributed by atoms with Gasteiger partial charge in [0.15, 0.2) is 0 Å². The molecule has 0 bridgehead atoms. The summed E-state index contributed by atoms with van der Waals surface area (Å²) in [6, 6.07) is 9.49. The first kappa shape index (κ1) is 17.6. The van der Waals surface area contributed by atoms with Gasteiger partial charge in [0.05, 0.1) is 18.8 Å². The second-order valence-corrected chi connectivity index (χ2v) is 6.72. The van der Waals surface area contributed by atoms with Gasteiger partial charge < -0.3 is 14.8 Å². The van der Waals surface area contributed by atoms with Crippen molar-refractivity contribution in [2.75, 3.05) is 13.1 Å². The standard InChI is InChI=1S/C19H23FN2O3/c1-19(24,17-5-3-11-25-17)13-21-18(23)16-4-2-10-22(16)12-14-6-8-15(20)9-7-14/h3,5-9,11,16,24H,2,4,10,12-13H2,1H3,(H,21,23). The highest BCUT2D eigenvalue weighted by atomic mass is 19.1. The van der Waals surface area contributed by atoms with E-state index in [1.165, 1.54) is 18.4 Å². The Kier molecular flexibility index (Phi) is 5.20. The molecule has 2 heterocycles. The molecule has 3 rings (SSSR count). The first-order valence-corrected chi connectivity index (χ1v) is 8.48. The second kappa shape index (κ2) is 7.37. The summed E-state index contributed by atoms with van der Waals surface area (Å²) in [5.74, 6) is 0.0495. The fourth-order valence-electron chi connectivity index (χ4n) is 3.19. The first-order valence-electron chi connectivity index (χ1n) is 8.48. The van der Waals surface area contributed by atoms with E-state index in [1.807, 2.05) is 0 Å². The number of carbonyl (C=O) groups excluding carboxylic acids is 1. The number of furan rings is 1. The number of likely N-dealkylation sites (tertiary alicyclic amines) is 1. The zero-order valence-electron chi connectivity index (χ0n) is 14.2. The third-order valence-corrected chi connectivity index (χ3v) is 4.62. The van der Waals surface area contributed by atoms with E-state index in [9.17, 15) is 14.3 Å². The van der Waals surface area contributed by atoms with Crippen molar-refractivity contribution < 1.29 is 18.7 Å². The van der Waals surface area contributed by atoms with E-state index in [-0.39, 0.29) is 24.3 Å². The highest BCUT2D eigenvalue weighted by Gasteiger charge is 2.33. The smallest absolute Gasteiger partial charge is 0.237 e. The van der Waals surface area contributed by atoms with Crippen LogP contribution in [-0.4, -0.2) is 35.0 Å². The Morgan fingerprint density at radius 1 is 1.40 bits per heavy atom. The lowest BCUT2D eigenvalue weighted by molar-refractivity contribution is -0.127. The average molecular weight is 346 g/mol. The monoisotopic (exact) mass is 346 g/mol. The molecular weight excluding hydrogens is 323 g/mol. The van der Waals surface area contributed by atoms with Crippen LogP contribution < -0.4 is 5.32 Å². The molecule has 1 aliphatic rings. The third kappa shape index (κ3) is 4.27. The van der Waals surface area contributed by atoms with Gasteiger partial charge in [-0.15, -0.1) is 0 Å². The predicted molar refractivity (Wildman–Crippen MR) is 91.1 cm³/mol. The Morgan fingerprint density at radius 2 is 2.16 bits per heavy atom. The molecule has 1 aliphatic heterocycles. The molecular formula is C19H23FN2O3. The van der Waals surface area contributed by atoms with Crippen LogP contribution in [0, 0.1) is 5.82 Å². The molecule has 2 unspecified atom stereocenters. The maximum atomic E-state index is 13.0. The number of hydrogen-bond donors (Lipinski definition) is 2. The van der Waals surface area contributed by atoms with Crippen LogP contribution >= 0.6 is 0 Å². The van der Waals surface area contributed by atoms with Crippen molar-refractivity contribution in [2.45, 2.75) is 38.0 Å². The number of halogens is 1. The van der Waals surface area contributed by atoms with E-state index in [0.717, 1.165) is 24.9 Å². The Hall–Kier alpha value is -2.18. The van der Waals surface area contributed by atoms with Crippen LogP contribution in [0.3, 0.4) is 0 Å². The molecule has 0 aliphatic carbocycles. The van der Waals surface area contributed by atoms with Gasteiger partial charge in [-0.3, -0.25) is 9.69 Å². The van der Waals surface area contributed by atoms with Gasteiger partial charge in [-0.2, -0.15) is 0 Å². The Balaban J connectivity index is 1.58. The summed E-state index contributed by atoms with van der Waals surface area (Å²) in [5.41, 5.74) is -0.275. The molecule has 134 valence electrons. The molecule has 1 amide bonds. The SMILES string of the molecule is CC(O)(CNC(=O)C1CCCN1Cc1ccc(F)cc1)c1ccco1. The average Bonchev–Trinajstić information content (AvgIpc) is 3.27. The van der Waals surface area contributed by atoms with E-state index in [2.05, 4.69) is 10.2 Å². The van der Waals surface area contributed by atoms with Gasteiger partial charge in [0, 0.05) is 6.54 Å². The lowest BCUT2D eigenvalue weighted by atomic mass is 10.0. The van der Waals surface area contributed by atoms with Crippen molar-refractivity contribution in [1.82, 2.24) is 10.2 Å². The van der Waals surface area contributed by atoms with Crippen LogP contribution in [0.25, 0.3) is 0 Å². The summed E-state index contributed by atoms with van der Waals surface area (Å²) < 4.78 is 18.2. The summed E-state index contributed by atoms with van der Waals surface area (Å²) in [6.45, 7) is 3.12. The molecule has 1 saturated heterocycles. The zero-order chi connectivity index (χ0) is 17.9. The molecule has 1 fully saturated rings. The number of amides is 1. The number of aliphatic hydroxyl groups is 1. The lowest BCUT2D eigenvalue weighted by Crippen LogP contribution is -2.47. The summed E-state index contributed by atoms with van der Waals surface area (Å²) >= 11 is 0. The van der Waals surface area contributed by atoms with E-state index >= 15 is 0 Å². The fraction of sp³-hybridized carbons (Fsp3) is 0.421. The van der Waals surface area contributed by atoms with Crippen molar-refractivity contribution in [3.8, 4) is 0 Å². The molecule has 5 nitrogen and oxygen atoms in total. The number of rotatable bonds is 6. The second-order valence-electron chi connectivity index (χ2n) is 6.72. The molecule has 2 atom stereocenters. The van der Waals surface area contributed by atoms with Crippen LogP contribution in [0.2, 0.25) is 0 Å². The summed E-state index contributed by atoms with van der Waals surface area (Å²) in [5, 5.41) is 13.3. The Morgan fingerprint density at radius 3 is 2.84 bits per heavy atom. The van der Waals surface area contributed by atoms with Crippen molar-refractivity contribution in [3.05, 3.63) is 59.8 Å². The van der Waals surface area contributed by atoms with Crippen LogP contribution in [0.4, 0.5) is 4.39 Å². The summed E-state index contributed by atoms with van der Waals surface area (Å²) in [7, 11) is 0. The van der Waals surface area contributed by atoms with E-state index in [4.69, 9.17) is 4.42 Å². The van der Waals surface area contributed by atoms with Crippen molar-refractivity contribution >= 4 is 5.91 Å². The summed E-state index contributed by atoms with van der Waals surface area (Å²) in [4.78, 5) is 14.6.